The molecule has 1 aromatic rings. The van der Waals surface area contributed by atoms with Gasteiger partial charge in [-0.3, -0.25) is 0 Å². The molecule has 1 aromatic heterocycles. The molecule has 0 amide bonds. The van der Waals surface area contributed by atoms with Crippen LogP contribution in [0.15, 0.2) is 10.6 Å². The molecule has 1 unspecified atom stereocenters. The molecule has 0 radical (unpaired) electrons. The molecular formula is C13H22N2O. The Kier molecular flexibility index (Phi) is 3.64. The Labute approximate surface area is 97.4 Å². The molecule has 1 fully saturated rings. The lowest BCUT2D eigenvalue weighted by molar-refractivity contribution is 0.318. The average molecular weight is 222 g/mol. The Morgan fingerprint density at radius 2 is 2.12 bits per heavy atom. The second-order valence-electron chi connectivity index (χ2n) is 5.13. The minimum Gasteiger partial charge on any atom is -0.359 e. The molecule has 0 aromatic carbocycles. The molecule has 1 saturated carbocycles. The van der Waals surface area contributed by atoms with Crippen molar-refractivity contribution in [2.24, 2.45) is 11.7 Å². The smallest absolute Gasteiger partial charge is 0.153 e. The van der Waals surface area contributed by atoms with Crippen LogP contribution in [-0.4, -0.2) is 5.16 Å². The average Bonchev–Trinajstić information content (AvgIpc) is 2.78. The summed E-state index contributed by atoms with van der Waals surface area (Å²) in [6, 6.07) is 2.07. The van der Waals surface area contributed by atoms with Gasteiger partial charge in [-0.05, 0) is 25.2 Å². The monoisotopic (exact) mass is 222 g/mol. The highest BCUT2D eigenvalue weighted by Gasteiger charge is 2.23. The Balaban J connectivity index is 2.01. The Bertz CT molecular complexity index is 326. The van der Waals surface area contributed by atoms with Crippen LogP contribution < -0.4 is 5.73 Å². The topological polar surface area (TPSA) is 52.0 Å². The van der Waals surface area contributed by atoms with Crippen LogP contribution in [-0.2, 0) is 0 Å². The molecule has 0 saturated heterocycles. The fourth-order valence-electron chi connectivity index (χ4n) is 2.43. The predicted octanol–water partition coefficient (Wildman–Crippen LogP) is 3.38. The summed E-state index contributed by atoms with van der Waals surface area (Å²) in [5.41, 5.74) is 7.04. The van der Waals surface area contributed by atoms with E-state index < -0.39 is 0 Å². The van der Waals surface area contributed by atoms with E-state index in [2.05, 4.69) is 25.1 Å². The number of rotatable bonds is 3. The molecule has 1 atom stereocenters. The van der Waals surface area contributed by atoms with Crippen LogP contribution in [0.4, 0.5) is 0 Å². The summed E-state index contributed by atoms with van der Waals surface area (Å²) in [6.07, 6.45) is 6.01. The van der Waals surface area contributed by atoms with Gasteiger partial charge in [0.1, 0.15) is 0 Å². The van der Waals surface area contributed by atoms with Gasteiger partial charge in [-0.15, -0.1) is 0 Å². The third-order valence-electron chi connectivity index (χ3n) is 3.79. The highest BCUT2D eigenvalue weighted by atomic mass is 16.5. The van der Waals surface area contributed by atoms with E-state index in [1.54, 1.807) is 0 Å². The van der Waals surface area contributed by atoms with Crippen molar-refractivity contribution in [3.63, 3.8) is 0 Å². The van der Waals surface area contributed by atoms with E-state index >= 15 is 0 Å². The van der Waals surface area contributed by atoms with Gasteiger partial charge in [0.05, 0.1) is 11.7 Å². The van der Waals surface area contributed by atoms with Gasteiger partial charge in [-0.2, -0.15) is 0 Å². The molecule has 90 valence electrons. The van der Waals surface area contributed by atoms with E-state index in [0.29, 0.717) is 5.92 Å². The molecule has 0 bridgehead atoms. The zero-order valence-corrected chi connectivity index (χ0v) is 10.3. The van der Waals surface area contributed by atoms with Crippen LogP contribution in [0.5, 0.6) is 0 Å². The van der Waals surface area contributed by atoms with Gasteiger partial charge in [-0.25, -0.2) is 0 Å². The molecule has 0 spiro atoms. The van der Waals surface area contributed by atoms with Crippen molar-refractivity contribution in [3.05, 3.63) is 17.5 Å². The Hall–Kier alpha value is -0.830. The first-order valence-corrected chi connectivity index (χ1v) is 6.42. The maximum Gasteiger partial charge on any atom is 0.153 e. The van der Waals surface area contributed by atoms with Crippen LogP contribution in [0, 0.1) is 5.92 Å². The fourth-order valence-corrected chi connectivity index (χ4v) is 2.43. The van der Waals surface area contributed by atoms with Gasteiger partial charge in [0.15, 0.2) is 5.76 Å². The number of aromatic nitrogens is 1. The lowest BCUT2D eigenvalue weighted by Gasteiger charge is -2.24. The zero-order chi connectivity index (χ0) is 11.5. The molecule has 1 aliphatic rings. The number of hydrogen-bond donors (Lipinski definition) is 1. The lowest BCUT2D eigenvalue weighted by Crippen LogP contribution is -2.11. The van der Waals surface area contributed by atoms with Gasteiger partial charge in [0.2, 0.25) is 0 Å². The first-order valence-electron chi connectivity index (χ1n) is 6.42. The summed E-state index contributed by atoms with van der Waals surface area (Å²) >= 11 is 0. The van der Waals surface area contributed by atoms with Crippen LogP contribution >= 0.6 is 0 Å². The molecule has 2 rings (SSSR count). The van der Waals surface area contributed by atoms with Crippen molar-refractivity contribution in [3.8, 4) is 0 Å². The standard InChI is InChI=1S/C13H22N2O/c1-3-11(14)13-8-12(15-16-13)10-6-4-9(2)5-7-10/h8-11H,3-7,14H2,1-2H3. The molecular weight excluding hydrogens is 200 g/mol. The quantitative estimate of drug-likeness (QED) is 0.853. The summed E-state index contributed by atoms with van der Waals surface area (Å²) in [6.45, 7) is 4.40. The van der Waals surface area contributed by atoms with Crippen LogP contribution in [0.25, 0.3) is 0 Å². The van der Waals surface area contributed by atoms with Crippen LogP contribution in [0.1, 0.15) is 69.4 Å². The first kappa shape index (κ1) is 11.6. The van der Waals surface area contributed by atoms with Crippen molar-refractivity contribution < 1.29 is 4.52 Å². The molecule has 1 aliphatic carbocycles. The maximum absolute atomic E-state index is 5.93. The second-order valence-corrected chi connectivity index (χ2v) is 5.13. The SMILES string of the molecule is CCC(N)c1cc(C2CCC(C)CC2)no1. The maximum atomic E-state index is 5.93. The second kappa shape index (κ2) is 5.00. The summed E-state index contributed by atoms with van der Waals surface area (Å²) in [5, 5.41) is 4.18. The summed E-state index contributed by atoms with van der Waals surface area (Å²) in [5.74, 6) is 2.31. The predicted molar refractivity (Wildman–Crippen MR) is 64.1 cm³/mol. The van der Waals surface area contributed by atoms with E-state index in [9.17, 15) is 0 Å². The summed E-state index contributed by atoms with van der Waals surface area (Å²) in [4.78, 5) is 0. The molecule has 3 heteroatoms. The summed E-state index contributed by atoms with van der Waals surface area (Å²) < 4.78 is 5.32. The van der Waals surface area contributed by atoms with Crippen LogP contribution in [0.3, 0.4) is 0 Å². The minimum atomic E-state index is 0.00349. The van der Waals surface area contributed by atoms with Gasteiger partial charge < -0.3 is 10.3 Å². The highest BCUT2D eigenvalue weighted by Crippen LogP contribution is 2.35. The number of nitrogens with two attached hydrogens (primary N) is 1. The van der Waals surface area contributed by atoms with Gasteiger partial charge >= 0.3 is 0 Å². The van der Waals surface area contributed by atoms with Crippen LogP contribution in [0.2, 0.25) is 0 Å². The van der Waals surface area contributed by atoms with Crippen molar-refractivity contribution in [2.75, 3.05) is 0 Å². The van der Waals surface area contributed by atoms with E-state index in [1.807, 2.05) is 0 Å². The van der Waals surface area contributed by atoms with Crippen molar-refractivity contribution in [1.29, 1.82) is 0 Å². The van der Waals surface area contributed by atoms with Gasteiger partial charge in [-0.1, -0.05) is 31.8 Å². The highest BCUT2D eigenvalue weighted by molar-refractivity contribution is 5.13. The van der Waals surface area contributed by atoms with E-state index in [0.717, 1.165) is 23.8 Å². The first-order chi connectivity index (χ1) is 7.70. The largest absolute Gasteiger partial charge is 0.359 e. The normalized spacial score (nSPS) is 27.9. The van der Waals surface area contributed by atoms with E-state index in [-0.39, 0.29) is 6.04 Å². The Morgan fingerprint density at radius 1 is 1.44 bits per heavy atom. The third kappa shape index (κ3) is 2.46. The van der Waals surface area contributed by atoms with Crippen molar-refractivity contribution >= 4 is 0 Å². The molecule has 2 N–H and O–H groups in total. The molecule has 0 aliphatic heterocycles. The minimum absolute atomic E-state index is 0.00349. The molecule has 3 nitrogen and oxygen atoms in total. The van der Waals surface area contributed by atoms with Gasteiger partial charge in [0.25, 0.3) is 0 Å². The molecule has 16 heavy (non-hydrogen) atoms. The lowest BCUT2D eigenvalue weighted by atomic mass is 9.81. The van der Waals surface area contributed by atoms with E-state index in [1.165, 1.54) is 25.7 Å². The zero-order valence-electron chi connectivity index (χ0n) is 10.3. The number of nitrogens with zero attached hydrogens (tertiary/aromatic N) is 1. The van der Waals surface area contributed by atoms with Gasteiger partial charge in [0, 0.05) is 12.0 Å². The van der Waals surface area contributed by atoms with Crippen molar-refractivity contribution in [2.45, 2.75) is 57.9 Å². The molecule has 1 heterocycles. The van der Waals surface area contributed by atoms with Crippen molar-refractivity contribution in [1.82, 2.24) is 5.16 Å². The summed E-state index contributed by atoms with van der Waals surface area (Å²) in [7, 11) is 0. The third-order valence-corrected chi connectivity index (χ3v) is 3.79. The number of hydrogen-bond acceptors (Lipinski definition) is 3. The van der Waals surface area contributed by atoms with E-state index in [4.69, 9.17) is 10.3 Å². The fraction of sp³-hybridized carbons (Fsp3) is 0.769. The Morgan fingerprint density at radius 3 is 2.75 bits per heavy atom.